The monoisotopic (exact) mass is 353 g/mol. The van der Waals surface area contributed by atoms with Crippen LogP contribution in [0.2, 0.25) is 0 Å². The zero-order valence-electron chi connectivity index (χ0n) is 17.0. The Morgan fingerprint density at radius 2 is 1.96 bits per heavy atom. The lowest BCUT2D eigenvalue weighted by Gasteiger charge is -2.62. The lowest BCUT2D eigenvalue weighted by Crippen LogP contribution is -2.63. The van der Waals surface area contributed by atoms with E-state index < -0.39 is 18.3 Å². The van der Waals surface area contributed by atoms with E-state index in [0.29, 0.717) is 11.8 Å². The molecule has 2 aliphatic carbocycles. The van der Waals surface area contributed by atoms with E-state index in [0.717, 1.165) is 19.3 Å². The van der Waals surface area contributed by atoms with Gasteiger partial charge < -0.3 is 15.6 Å². The van der Waals surface area contributed by atoms with Crippen molar-refractivity contribution in [2.24, 2.45) is 40.2 Å². The van der Waals surface area contributed by atoms with Crippen molar-refractivity contribution < 1.29 is 14.6 Å². The van der Waals surface area contributed by atoms with Crippen LogP contribution in [0.4, 0.5) is 4.79 Å². The molecule has 0 saturated heterocycles. The minimum absolute atomic E-state index is 0.0306. The number of hydrogen-bond acceptors (Lipinski definition) is 3. The van der Waals surface area contributed by atoms with Gasteiger partial charge in [0.25, 0.3) is 0 Å². The predicted molar refractivity (Wildman–Crippen MR) is 101 cm³/mol. The third kappa shape index (κ3) is 3.84. The Bertz CT molecular complexity index is 478. The summed E-state index contributed by atoms with van der Waals surface area (Å²) in [6.07, 6.45) is 5.08. The minimum atomic E-state index is -0.766. The molecule has 2 rings (SSSR count). The Labute approximate surface area is 153 Å². The van der Waals surface area contributed by atoms with Crippen LogP contribution < -0.4 is 5.73 Å². The van der Waals surface area contributed by atoms with Gasteiger partial charge in [-0.2, -0.15) is 0 Å². The van der Waals surface area contributed by atoms with Crippen molar-refractivity contribution >= 4 is 6.09 Å². The molecule has 25 heavy (non-hydrogen) atoms. The summed E-state index contributed by atoms with van der Waals surface area (Å²) in [6.45, 7) is 13.6. The summed E-state index contributed by atoms with van der Waals surface area (Å²) in [7, 11) is 0. The highest BCUT2D eigenvalue weighted by Gasteiger charge is 2.61. The molecule has 0 heterocycles. The normalized spacial score (nSPS) is 41.6. The van der Waals surface area contributed by atoms with Gasteiger partial charge in [-0.1, -0.05) is 60.8 Å². The Balaban J connectivity index is 2.38. The maximum atomic E-state index is 11.5. The first-order chi connectivity index (χ1) is 11.5. The first-order valence-corrected chi connectivity index (χ1v) is 10.2. The molecule has 2 fully saturated rings. The minimum Gasteiger partial charge on any atom is -0.443 e. The zero-order chi connectivity index (χ0) is 19.0. The molecule has 0 spiro atoms. The first-order valence-electron chi connectivity index (χ1n) is 10.2. The van der Waals surface area contributed by atoms with Gasteiger partial charge in [0.05, 0.1) is 6.10 Å². The number of amides is 1. The summed E-state index contributed by atoms with van der Waals surface area (Å²) in [5.41, 5.74) is 5.47. The number of aliphatic hydroxyl groups excluding tert-OH is 1. The van der Waals surface area contributed by atoms with Crippen molar-refractivity contribution in [2.75, 3.05) is 0 Å². The lowest BCUT2D eigenvalue weighted by molar-refractivity contribution is -0.207. The van der Waals surface area contributed by atoms with E-state index in [-0.39, 0.29) is 22.7 Å². The number of carbonyl (C=O) groups excluding carboxylic acids is 1. The van der Waals surface area contributed by atoms with E-state index in [4.69, 9.17) is 10.5 Å². The Kier molecular flexibility index (Phi) is 6.13. The molecule has 0 aromatic rings. The van der Waals surface area contributed by atoms with Gasteiger partial charge in [-0.05, 0) is 47.8 Å². The highest BCUT2D eigenvalue weighted by atomic mass is 16.6. The molecular weight excluding hydrogens is 314 g/mol. The topological polar surface area (TPSA) is 72.6 Å². The Morgan fingerprint density at radius 1 is 1.32 bits per heavy atom. The highest BCUT2D eigenvalue weighted by Crippen LogP contribution is 2.62. The van der Waals surface area contributed by atoms with Crippen molar-refractivity contribution in [3.8, 4) is 0 Å². The third-order valence-electron chi connectivity index (χ3n) is 7.69. The number of hydrogen-bond donors (Lipinski definition) is 2. The van der Waals surface area contributed by atoms with E-state index in [1.54, 1.807) is 0 Å². The second-order valence-electron chi connectivity index (χ2n) is 9.77. The van der Waals surface area contributed by atoms with Crippen LogP contribution in [-0.4, -0.2) is 23.4 Å². The van der Waals surface area contributed by atoms with Crippen molar-refractivity contribution in [1.29, 1.82) is 0 Å². The van der Waals surface area contributed by atoms with E-state index in [2.05, 4.69) is 41.5 Å². The molecule has 0 aromatic heterocycles. The maximum absolute atomic E-state index is 11.5. The number of fused-ring (bicyclic) bond motifs is 1. The van der Waals surface area contributed by atoms with Gasteiger partial charge in [0, 0.05) is 5.92 Å². The second kappa shape index (κ2) is 7.46. The first kappa shape index (κ1) is 20.5. The fourth-order valence-electron chi connectivity index (χ4n) is 6.23. The van der Waals surface area contributed by atoms with Crippen LogP contribution in [0.1, 0.15) is 80.1 Å². The molecule has 0 radical (unpaired) electrons. The summed E-state index contributed by atoms with van der Waals surface area (Å²) >= 11 is 0. The molecule has 3 N–H and O–H groups in total. The van der Waals surface area contributed by atoms with Gasteiger partial charge in [0.15, 0.2) is 0 Å². The standard InChI is InChI=1S/C21H39NO3/c1-7-13(2)9-10-15-14(3)16(23)17(25-19(22)24)18-20(4,5)11-8-12-21(15,18)6/h13-18,23H,7-12H2,1-6H3,(H2,22,24)/t13-,14-,15+,16-,17-,18+,21-/m1/s1. The number of ether oxygens (including phenoxy) is 1. The van der Waals surface area contributed by atoms with Crippen LogP contribution in [-0.2, 0) is 4.74 Å². The fraction of sp³-hybridized carbons (Fsp3) is 0.952. The number of rotatable bonds is 5. The SMILES string of the molecule is CC[C@@H](C)CC[C@H]1[C@@H](C)[C@@H](O)[C@@H](OC(N)=O)[C@H]2C(C)(C)CCC[C@]12C. The van der Waals surface area contributed by atoms with E-state index in [1.807, 2.05) is 0 Å². The third-order valence-corrected chi connectivity index (χ3v) is 7.69. The molecule has 1 amide bonds. The molecule has 0 unspecified atom stereocenters. The molecule has 7 atom stereocenters. The van der Waals surface area contributed by atoms with Gasteiger partial charge in [-0.3, -0.25) is 0 Å². The largest absolute Gasteiger partial charge is 0.443 e. The second-order valence-corrected chi connectivity index (χ2v) is 9.77. The Hall–Kier alpha value is -0.770. The molecule has 2 saturated carbocycles. The molecular formula is C21H39NO3. The van der Waals surface area contributed by atoms with E-state index in [9.17, 15) is 9.90 Å². The summed E-state index contributed by atoms with van der Waals surface area (Å²) in [4.78, 5) is 11.5. The zero-order valence-corrected chi connectivity index (χ0v) is 17.0. The number of nitrogens with two attached hydrogens (primary N) is 1. The molecule has 0 aliphatic heterocycles. The van der Waals surface area contributed by atoms with Gasteiger partial charge in [0.2, 0.25) is 0 Å². The van der Waals surface area contributed by atoms with Crippen LogP contribution in [0, 0.1) is 34.5 Å². The van der Waals surface area contributed by atoms with Gasteiger partial charge in [-0.25, -0.2) is 4.79 Å². The van der Waals surface area contributed by atoms with Crippen molar-refractivity contribution in [2.45, 2.75) is 92.3 Å². The van der Waals surface area contributed by atoms with E-state index >= 15 is 0 Å². The summed E-state index contributed by atoms with van der Waals surface area (Å²) in [5, 5.41) is 11.0. The highest BCUT2D eigenvalue weighted by molar-refractivity contribution is 5.65. The van der Waals surface area contributed by atoms with Crippen molar-refractivity contribution in [3.63, 3.8) is 0 Å². The summed E-state index contributed by atoms with van der Waals surface area (Å²) < 4.78 is 5.53. The number of primary amides is 1. The summed E-state index contributed by atoms with van der Waals surface area (Å²) in [5.74, 6) is 1.43. The van der Waals surface area contributed by atoms with Crippen molar-refractivity contribution in [3.05, 3.63) is 0 Å². The number of carbonyl (C=O) groups is 1. The summed E-state index contributed by atoms with van der Waals surface area (Å²) in [6, 6.07) is 0. The average molecular weight is 354 g/mol. The molecule has 0 bridgehead atoms. The van der Waals surface area contributed by atoms with Crippen LogP contribution in [0.15, 0.2) is 0 Å². The van der Waals surface area contributed by atoms with Gasteiger partial charge in [0.1, 0.15) is 6.10 Å². The molecule has 146 valence electrons. The van der Waals surface area contributed by atoms with Crippen LogP contribution >= 0.6 is 0 Å². The lowest BCUT2D eigenvalue weighted by atomic mass is 9.44. The van der Waals surface area contributed by atoms with Gasteiger partial charge >= 0.3 is 6.09 Å². The van der Waals surface area contributed by atoms with Crippen LogP contribution in [0.25, 0.3) is 0 Å². The van der Waals surface area contributed by atoms with Crippen LogP contribution in [0.3, 0.4) is 0 Å². The number of aliphatic hydroxyl groups is 1. The quantitative estimate of drug-likeness (QED) is 0.750. The maximum Gasteiger partial charge on any atom is 0.404 e. The predicted octanol–water partition coefficient (Wildman–Crippen LogP) is 4.74. The smallest absolute Gasteiger partial charge is 0.404 e. The van der Waals surface area contributed by atoms with E-state index in [1.165, 1.54) is 19.3 Å². The fourth-order valence-corrected chi connectivity index (χ4v) is 6.23. The average Bonchev–Trinajstić information content (AvgIpc) is 2.50. The van der Waals surface area contributed by atoms with Gasteiger partial charge in [-0.15, -0.1) is 0 Å². The molecule has 4 heteroatoms. The molecule has 0 aromatic carbocycles. The molecule has 4 nitrogen and oxygen atoms in total. The van der Waals surface area contributed by atoms with Crippen LogP contribution in [0.5, 0.6) is 0 Å². The molecule has 2 aliphatic rings. The van der Waals surface area contributed by atoms with Crippen molar-refractivity contribution in [1.82, 2.24) is 0 Å². The Morgan fingerprint density at radius 3 is 2.52 bits per heavy atom.